The number of fused-ring (bicyclic) bond motifs is 1. The molecule has 6 rings (SSSR count). The van der Waals surface area contributed by atoms with Gasteiger partial charge in [-0.25, -0.2) is 0 Å². The Morgan fingerprint density at radius 1 is 0.683 bits per heavy atom. The molecule has 1 aromatic rings. The van der Waals surface area contributed by atoms with Crippen molar-refractivity contribution in [3.05, 3.63) is 89.5 Å². The molecule has 22 nitrogen and oxygen atoms in total. The third-order valence-electron chi connectivity index (χ3n) is 10.2. The zero-order valence-corrected chi connectivity index (χ0v) is 31.5. The molecule has 0 aromatic heterocycles. The van der Waals surface area contributed by atoms with Crippen LogP contribution in [0.1, 0.15) is 12.0 Å². The molecule has 3 saturated heterocycles. The van der Waals surface area contributed by atoms with Gasteiger partial charge in [0.1, 0.15) is 97.5 Å². The summed E-state index contributed by atoms with van der Waals surface area (Å²) in [5.41, 5.74) is 0.129. The number of aromatic hydroxyl groups is 1. The standard InChI is InChI=1S/C38H48O22/c1-13(41)5-14(2)53-12-25-28(47)35(60-37-32(51)30(49)27(46)24(11-40)58-37)33(52)38(59-25)54-16-7-18(42)17-9-20(44)34(55-22(17)8-16)15-3-4-21(19(43)6-15)56-36-31(50)29(48)26(45)23(10-39)57-36/h3-4,6-9,22-33,35-52H,1-2,5,10-12H2/t22?,23-,24-,25-,26-,27-,28-,29+,30+,31-,32-,33-,35+,36-,37+,38-/m1/s1. The van der Waals surface area contributed by atoms with E-state index in [4.69, 9.17) is 37.9 Å². The summed E-state index contributed by atoms with van der Waals surface area (Å²) in [6.07, 6.45) is -23.1. The van der Waals surface area contributed by atoms with Crippen LogP contribution in [0.25, 0.3) is 5.76 Å². The molecule has 4 heterocycles. The lowest BCUT2D eigenvalue weighted by molar-refractivity contribution is -0.357. The number of ether oxygens (including phenoxy) is 8. The lowest BCUT2D eigenvalue weighted by atomic mass is 9.96. The Balaban J connectivity index is 1.20. The van der Waals surface area contributed by atoms with Gasteiger partial charge in [-0.2, -0.15) is 0 Å². The van der Waals surface area contributed by atoms with E-state index < -0.39 is 135 Å². The SMILES string of the molecule is C=C(O)CC(=C)OC[C@H]1O[C@@H](OC2=CC3OC(c4ccc(O[C@@H]5O[C@H](CO)[C@@H](O)[C@H](O)[C@H]5O)c(O)c4)=C(O)C=C3C(O)=C2)[C@H](O)[C@@H](O[C@@H]2O[C@H](CO)[C@@H](O)[C@H](O)[C@H]2O)[C@@H]1O. The Morgan fingerprint density at radius 3 is 1.90 bits per heavy atom. The van der Waals surface area contributed by atoms with Crippen LogP contribution in [0.5, 0.6) is 11.5 Å². The van der Waals surface area contributed by atoms with E-state index >= 15 is 0 Å². The maximum atomic E-state index is 11.4. The van der Waals surface area contributed by atoms with Gasteiger partial charge in [-0.15, -0.1) is 0 Å². The highest BCUT2D eigenvalue weighted by molar-refractivity contribution is 5.69. The largest absolute Gasteiger partial charge is 0.512 e. The van der Waals surface area contributed by atoms with Crippen molar-refractivity contribution in [3.8, 4) is 11.5 Å². The summed E-state index contributed by atoms with van der Waals surface area (Å²) in [6.45, 7) is 5.02. The van der Waals surface area contributed by atoms with E-state index in [-0.39, 0.29) is 46.3 Å². The quantitative estimate of drug-likeness (QED) is 0.0835. The van der Waals surface area contributed by atoms with Crippen molar-refractivity contribution in [3.63, 3.8) is 0 Å². The Hall–Kier alpha value is -4.50. The molecular formula is C38H48O22. The average Bonchev–Trinajstić information content (AvgIpc) is 3.20. The lowest BCUT2D eigenvalue weighted by Crippen LogP contribution is -2.64. The van der Waals surface area contributed by atoms with Crippen molar-refractivity contribution in [1.29, 1.82) is 0 Å². The van der Waals surface area contributed by atoms with Crippen molar-refractivity contribution in [2.24, 2.45) is 0 Å². The van der Waals surface area contributed by atoms with Gasteiger partial charge in [-0.3, -0.25) is 0 Å². The molecule has 16 atom stereocenters. The number of phenols is 1. The molecule has 0 spiro atoms. The van der Waals surface area contributed by atoms with E-state index in [1.807, 2.05) is 0 Å². The molecule has 14 N–H and O–H groups in total. The molecular weight excluding hydrogens is 808 g/mol. The molecule has 0 saturated carbocycles. The summed E-state index contributed by atoms with van der Waals surface area (Å²) >= 11 is 0. The highest BCUT2D eigenvalue weighted by Gasteiger charge is 2.52. The van der Waals surface area contributed by atoms with Gasteiger partial charge in [-0.05, 0) is 24.3 Å². The predicted molar refractivity (Wildman–Crippen MR) is 196 cm³/mol. The number of allylic oxidation sites excluding steroid dienone is 2. The molecule has 0 radical (unpaired) electrons. The first-order valence-corrected chi connectivity index (χ1v) is 18.5. The monoisotopic (exact) mass is 856 g/mol. The zero-order valence-electron chi connectivity index (χ0n) is 31.5. The van der Waals surface area contributed by atoms with E-state index in [1.54, 1.807) is 0 Å². The van der Waals surface area contributed by atoms with Crippen LogP contribution >= 0.6 is 0 Å². The first-order chi connectivity index (χ1) is 28.4. The molecule has 22 heteroatoms. The molecule has 60 heavy (non-hydrogen) atoms. The normalized spacial score (nSPS) is 38.1. The van der Waals surface area contributed by atoms with Crippen molar-refractivity contribution >= 4 is 5.76 Å². The number of phenolic OH excluding ortho intramolecular Hbond substituents is 1. The number of rotatable bonds is 14. The second-order valence-corrected chi connectivity index (χ2v) is 14.5. The molecule has 4 aliphatic heterocycles. The number of aliphatic hydroxyl groups excluding tert-OH is 13. The van der Waals surface area contributed by atoms with Crippen LogP contribution in [0.3, 0.4) is 0 Å². The molecule has 1 unspecified atom stereocenters. The van der Waals surface area contributed by atoms with Crippen molar-refractivity contribution in [2.45, 2.75) is 105 Å². The van der Waals surface area contributed by atoms with Gasteiger partial charge >= 0.3 is 0 Å². The summed E-state index contributed by atoms with van der Waals surface area (Å²) in [7, 11) is 0. The molecule has 0 bridgehead atoms. The van der Waals surface area contributed by atoms with Crippen molar-refractivity contribution in [1.82, 2.24) is 0 Å². The maximum Gasteiger partial charge on any atom is 0.229 e. The molecule has 3 fully saturated rings. The van der Waals surface area contributed by atoms with Gasteiger partial charge in [0.2, 0.25) is 12.6 Å². The van der Waals surface area contributed by atoms with Crippen LogP contribution in [0.15, 0.2) is 84.0 Å². The van der Waals surface area contributed by atoms with Crippen molar-refractivity contribution < 1.29 is 109 Å². The highest BCUT2D eigenvalue weighted by atomic mass is 16.7. The fraction of sp³-hybridized carbons (Fsp3) is 0.526. The first kappa shape index (κ1) is 45.0. The van der Waals surface area contributed by atoms with Crippen LogP contribution in [-0.4, -0.2) is 190 Å². The number of benzene rings is 1. The van der Waals surface area contributed by atoms with E-state index in [0.717, 1.165) is 12.1 Å². The summed E-state index contributed by atoms with van der Waals surface area (Å²) < 4.78 is 45.2. The highest BCUT2D eigenvalue weighted by Crippen LogP contribution is 2.40. The second-order valence-electron chi connectivity index (χ2n) is 14.5. The van der Waals surface area contributed by atoms with Gasteiger partial charge in [0.05, 0.1) is 31.2 Å². The Kier molecular flexibility index (Phi) is 14.0. The summed E-state index contributed by atoms with van der Waals surface area (Å²) in [4.78, 5) is 0. The van der Waals surface area contributed by atoms with Gasteiger partial charge in [-0.1, -0.05) is 13.2 Å². The van der Waals surface area contributed by atoms with E-state index in [9.17, 15) is 71.5 Å². The molecule has 1 aliphatic carbocycles. The fourth-order valence-corrected chi connectivity index (χ4v) is 6.89. The average molecular weight is 857 g/mol. The van der Waals surface area contributed by atoms with Gasteiger partial charge in [0.25, 0.3) is 0 Å². The predicted octanol–water partition coefficient (Wildman–Crippen LogP) is -2.90. The van der Waals surface area contributed by atoms with E-state index in [0.29, 0.717) is 0 Å². The fourth-order valence-electron chi connectivity index (χ4n) is 6.89. The van der Waals surface area contributed by atoms with Gasteiger partial charge < -0.3 is 109 Å². The minimum absolute atomic E-state index is 0.0151. The Bertz CT molecular complexity index is 1860. The molecule has 1 aromatic carbocycles. The third kappa shape index (κ3) is 9.36. The zero-order chi connectivity index (χ0) is 43.7. The summed E-state index contributed by atoms with van der Waals surface area (Å²) in [5.74, 6) is -2.42. The smallest absolute Gasteiger partial charge is 0.229 e. The summed E-state index contributed by atoms with van der Waals surface area (Å²) in [6, 6.07) is 3.67. The number of hydrogen-bond acceptors (Lipinski definition) is 22. The summed E-state index contributed by atoms with van der Waals surface area (Å²) in [5, 5.41) is 145. The lowest BCUT2D eigenvalue weighted by Gasteiger charge is -2.46. The minimum atomic E-state index is -1.92. The van der Waals surface area contributed by atoms with Crippen LogP contribution < -0.4 is 4.74 Å². The van der Waals surface area contributed by atoms with Crippen LogP contribution in [0.4, 0.5) is 0 Å². The Labute approximate surface area is 340 Å². The molecule has 332 valence electrons. The molecule has 0 amide bonds. The van der Waals surface area contributed by atoms with Crippen LogP contribution in [0, 0.1) is 0 Å². The van der Waals surface area contributed by atoms with Crippen molar-refractivity contribution in [2.75, 3.05) is 19.8 Å². The first-order valence-electron chi connectivity index (χ1n) is 18.5. The topological polar surface area (TPSA) is 357 Å². The number of hydrogen-bond donors (Lipinski definition) is 14. The molecule has 5 aliphatic rings. The number of aliphatic hydroxyl groups is 13. The van der Waals surface area contributed by atoms with E-state index in [1.165, 1.54) is 24.3 Å². The Morgan fingerprint density at radius 2 is 1.28 bits per heavy atom. The third-order valence-corrected chi connectivity index (χ3v) is 10.2. The van der Waals surface area contributed by atoms with E-state index in [2.05, 4.69) is 13.2 Å². The second kappa shape index (κ2) is 18.6. The van der Waals surface area contributed by atoms with Gasteiger partial charge in [0, 0.05) is 23.3 Å². The maximum absolute atomic E-state index is 11.4. The van der Waals surface area contributed by atoms with Crippen LogP contribution in [-0.2, 0) is 33.2 Å². The van der Waals surface area contributed by atoms with Crippen LogP contribution in [0.2, 0.25) is 0 Å². The van der Waals surface area contributed by atoms with Gasteiger partial charge in [0.15, 0.2) is 29.3 Å². The minimum Gasteiger partial charge on any atom is -0.512 e.